The summed E-state index contributed by atoms with van der Waals surface area (Å²) in [5.74, 6) is 0.733. The highest BCUT2D eigenvalue weighted by molar-refractivity contribution is 9.10. The van der Waals surface area contributed by atoms with Gasteiger partial charge in [0.2, 0.25) is 5.95 Å². The molecule has 0 unspecified atom stereocenters. The summed E-state index contributed by atoms with van der Waals surface area (Å²) in [6, 6.07) is 3.05. The number of aromatic nitrogens is 3. The quantitative estimate of drug-likeness (QED) is 0.854. The molecule has 21 heavy (non-hydrogen) atoms. The minimum absolute atomic E-state index is 0.300. The molecular weight excluding hydrogens is 340 g/mol. The van der Waals surface area contributed by atoms with E-state index in [1.54, 1.807) is 30.7 Å². The van der Waals surface area contributed by atoms with Crippen molar-refractivity contribution >= 4 is 27.8 Å². The standard InChI is InChI=1S/C13H13BrN4O3/c1-3-20-12(19)10-7(2)17-13-15-6-16-18(13)11(10)8-4-5-9(14)21-8/h4-6,11H,3H2,1-2H3,(H,15,16,17)/t11-/m0/s1. The Morgan fingerprint density at radius 2 is 2.38 bits per heavy atom. The van der Waals surface area contributed by atoms with Gasteiger partial charge in [0.1, 0.15) is 18.1 Å². The van der Waals surface area contributed by atoms with Gasteiger partial charge >= 0.3 is 5.97 Å². The molecule has 0 bridgehead atoms. The fourth-order valence-electron chi connectivity index (χ4n) is 2.30. The molecule has 0 fully saturated rings. The van der Waals surface area contributed by atoms with Crippen molar-refractivity contribution in [1.29, 1.82) is 0 Å². The summed E-state index contributed by atoms with van der Waals surface area (Å²) in [6.07, 6.45) is 1.43. The molecule has 0 saturated heterocycles. The average molecular weight is 353 g/mol. The number of halogens is 1. The summed E-state index contributed by atoms with van der Waals surface area (Å²) >= 11 is 3.27. The molecule has 7 nitrogen and oxygen atoms in total. The highest BCUT2D eigenvalue weighted by Crippen LogP contribution is 2.36. The van der Waals surface area contributed by atoms with Crippen LogP contribution in [0.2, 0.25) is 0 Å². The largest absolute Gasteiger partial charge is 0.463 e. The lowest BCUT2D eigenvalue weighted by Gasteiger charge is -2.26. The van der Waals surface area contributed by atoms with Crippen molar-refractivity contribution in [2.75, 3.05) is 11.9 Å². The minimum atomic E-state index is -0.505. The van der Waals surface area contributed by atoms with Gasteiger partial charge in [0.15, 0.2) is 4.67 Å². The van der Waals surface area contributed by atoms with E-state index in [2.05, 4.69) is 31.3 Å². The van der Waals surface area contributed by atoms with Crippen LogP contribution in [0.1, 0.15) is 25.6 Å². The van der Waals surface area contributed by atoms with Crippen LogP contribution in [0.25, 0.3) is 0 Å². The van der Waals surface area contributed by atoms with Crippen LogP contribution in [-0.4, -0.2) is 27.3 Å². The summed E-state index contributed by atoms with van der Waals surface area (Å²) in [7, 11) is 0. The molecule has 3 rings (SSSR count). The second-order valence-corrected chi connectivity index (χ2v) is 5.24. The van der Waals surface area contributed by atoms with E-state index in [1.807, 2.05) is 0 Å². The number of ether oxygens (including phenoxy) is 1. The van der Waals surface area contributed by atoms with Crippen molar-refractivity contribution in [2.45, 2.75) is 19.9 Å². The number of allylic oxidation sites excluding steroid dienone is 1. The summed E-state index contributed by atoms with van der Waals surface area (Å²) in [4.78, 5) is 16.4. The van der Waals surface area contributed by atoms with E-state index in [0.29, 0.717) is 34.3 Å². The molecule has 0 aromatic carbocycles. The lowest BCUT2D eigenvalue weighted by atomic mass is 10.0. The van der Waals surface area contributed by atoms with Gasteiger partial charge in [-0.05, 0) is 41.9 Å². The molecule has 3 heterocycles. The zero-order valence-electron chi connectivity index (χ0n) is 11.5. The van der Waals surface area contributed by atoms with E-state index in [0.717, 1.165) is 0 Å². The van der Waals surface area contributed by atoms with Gasteiger partial charge < -0.3 is 14.5 Å². The molecule has 1 aliphatic heterocycles. The van der Waals surface area contributed by atoms with E-state index in [1.165, 1.54) is 6.33 Å². The Morgan fingerprint density at radius 3 is 3.05 bits per heavy atom. The fraction of sp³-hybridized carbons (Fsp3) is 0.308. The maximum absolute atomic E-state index is 12.3. The van der Waals surface area contributed by atoms with Crippen LogP contribution < -0.4 is 5.32 Å². The van der Waals surface area contributed by atoms with E-state index >= 15 is 0 Å². The summed E-state index contributed by atoms with van der Waals surface area (Å²) in [5, 5.41) is 7.23. The molecular formula is C13H13BrN4O3. The molecule has 0 saturated carbocycles. The maximum atomic E-state index is 12.3. The number of fused-ring (bicyclic) bond motifs is 1. The Bertz CT molecular complexity index is 719. The zero-order valence-corrected chi connectivity index (χ0v) is 13.0. The number of esters is 1. The average Bonchev–Trinajstić information content (AvgIpc) is 3.05. The van der Waals surface area contributed by atoms with Crippen LogP contribution >= 0.6 is 15.9 Å². The van der Waals surface area contributed by atoms with E-state index < -0.39 is 12.0 Å². The number of hydrogen-bond acceptors (Lipinski definition) is 6. The van der Waals surface area contributed by atoms with Gasteiger partial charge in [0.25, 0.3) is 0 Å². The van der Waals surface area contributed by atoms with Crippen molar-refractivity contribution in [3.63, 3.8) is 0 Å². The first-order valence-corrected chi connectivity index (χ1v) is 7.20. The Balaban J connectivity index is 2.13. The number of carbonyl (C=O) groups excluding carboxylic acids is 1. The van der Waals surface area contributed by atoms with E-state index in [9.17, 15) is 4.79 Å². The lowest BCUT2D eigenvalue weighted by Crippen LogP contribution is -2.29. The topological polar surface area (TPSA) is 82.2 Å². The Kier molecular flexibility index (Phi) is 3.54. The first-order valence-electron chi connectivity index (χ1n) is 6.41. The van der Waals surface area contributed by atoms with Crippen molar-refractivity contribution in [1.82, 2.24) is 14.8 Å². The van der Waals surface area contributed by atoms with Gasteiger partial charge in [-0.3, -0.25) is 0 Å². The van der Waals surface area contributed by atoms with Gasteiger partial charge in [0.05, 0.1) is 12.2 Å². The van der Waals surface area contributed by atoms with Crippen LogP contribution in [0.5, 0.6) is 0 Å². The number of nitrogens with one attached hydrogen (secondary N) is 1. The molecule has 2 aromatic rings. The first-order chi connectivity index (χ1) is 10.1. The minimum Gasteiger partial charge on any atom is -0.463 e. The first kappa shape index (κ1) is 13.9. The molecule has 1 atom stereocenters. The number of rotatable bonds is 3. The second kappa shape index (κ2) is 5.36. The van der Waals surface area contributed by atoms with Gasteiger partial charge in [0, 0.05) is 5.70 Å². The van der Waals surface area contributed by atoms with Crippen LogP contribution in [0.15, 0.2) is 38.8 Å². The highest BCUT2D eigenvalue weighted by Gasteiger charge is 2.36. The summed E-state index contributed by atoms with van der Waals surface area (Å²) in [5.41, 5.74) is 1.13. The third-order valence-electron chi connectivity index (χ3n) is 3.15. The third kappa shape index (κ3) is 2.35. The monoisotopic (exact) mass is 352 g/mol. The van der Waals surface area contributed by atoms with Crippen LogP contribution in [-0.2, 0) is 9.53 Å². The molecule has 0 spiro atoms. The third-order valence-corrected chi connectivity index (χ3v) is 3.58. The van der Waals surface area contributed by atoms with Gasteiger partial charge in [-0.1, -0.05) is 0 Å². The SMILES string of the molecule is CCOC(=O)C1=C(C)Nc2ncnn2[C@H]1c1ccc(Br)o1. The molecule has 8 heteroatoms. The van der Waals surface area contributed by atoms with E-state index in [-0.39, 0.29) is 0 Å². The van der Waals surface area contributed by atoms with Crippen LogP contribution in [0.4, 0.5) is 5.95 Å². The van der Waals surface area contributed by atoms with Crippen molar-refractivity contribution < 1.29 is 13.9 Å². The Hall–Kier alpha value is -2.09. The Morgan fingerprint density at radius 1 is 1.57 bits per heavy atom. The van der Waals surface area contributed by atoms with Crippen molar-refractivity contribution in [3.8, 4) is 0 Å². The lowest BCUT2D eigenvalue weighted by molar-refractivity contribution is -0.139. The van der Waals surface area contributed by atoms with Crippen molar-refractivity contribution in [2.24, 2.45) is 0 Å². The fourth-order valence-corrected chi connectivity index (χ4v) is 2.62. The normalized spacial score (nSPS) is 17.4. The molecule has 0 aliphatic carbocycles. The predicted molar refractivity (Wildman–Crippen MR) is 77.5 cm³/mol. The van der Waals surface area contributed by atoms with E-state index in [4.69, 9.17) is 9.15 Å². The molecule has 1 aliphatic rings. The molecule has 0 radical (unpaired) electrons. The van der Waals surface area contributed by atoms with Crippen LogP contribution in [0, 0.1) is 0 Å². The highest BCUT2D eigenvalue weighted by atomic mass is 79.9. The number of hydrogen-bond donors (Lipinski definition) is 1. The van der Waals surface area contributed by atoms with Gasteiger partial charge in [-0.25, -0.2) is 9.48 Å². The smallest absolute Gasteiger partial charge is 0.338 e. The molecule has 1 N–H and O–H groups in total. The second-order valence-electron chi connectivity index (χ2n) is 4.46. The summed E-state index contributed by atoms with van der Waals surface area (Å²) < 4.78 is 12.9. The number of furan rings is 1. The van der Waals surface area contributed by atoms with Gasteiger partial charge in [-0.2, -0.15) is 10.1 Å². The zero-order chi connectivity index (χ0) is 15.0. The molecule has 0 amide bonds. The molecule has 2 aromatic heterocycles. The summed E-state index contributed by atoms with van der Waals surface area (Å²) in [6.45, 7) is 3.87. The number of nitrogens with zero attached hydrogens (tertiary/aromatic N) is 3. The maximum Gasteiger partial charge on any atom is 0.338 e. The number of carbonyl (C=O) groups is 1. The van der Waals surface area contributed by atoms with Gasteiger partial charge in [-0.15, -0.1) is 0 Å². The number of anilines is 1. The van der Waals surface area contributed by atoms with Crippen LogP contribution in [0.3, 0.4) is 0 Å². The molecule has 110 valence electrons. The predicted octanol–water partition coefficient (Wildman–Crippen LogP) is 2.49. The van der Waals surface area contributed by atoms with Crippen molar-refractivity contribution in [3.05, 3.63) is 40.2 Å². The Labute approximate surface area is 129 Å².